The molecule has 0 saturated heterocycles. The molecule has 1 aliphatic carbocycles. The summed E-state index contributed by atoms with van der Waals surface area (Å²) in [4.78, 5) is 10.3. The van der Waals surface area contributed by atoms with Gasteiger partial charge < -0.3 is 9.84 Å². The fourth-order valence-corrected chi connectivity index (χ4v) is 2.59. The van der Waals surface area contributed by atoms with Crippen LogP contribution in [-0.4, -0.2) is 10.0 Å². The fraction of sp³-hybridized carbons (Fsp3) is 0.250. The van der Waals surface area contributed by atoms with Gasteiger partial charge in [-0.15, -0.1) is 0 Å². The molecule has 0 fully saturated rings. The van der Waals surface area contributed by atoms with Crippen LogP contribution in [0.3, 0.4) is 0 Å². The number of hydrogen-bond donors (Lipinski definition) is 1. The van der Waals surface area contributed by atoms with Gasteiger partial charge in [0, 0.05) is 12.1 Å². The smallest absolute Gasteiger partial charge is 0.269 e. The van der Waals surface area contributed by atoms with Crippen molar-refractivity contribution in [1.82, 2.24) is 0 Å². The lowest BCUT2D eigenvalue weighted by Crippen LogP contribution is -1.98. The second-order valence-corrected chi connectivity index (χ2v) is 5.13. The predicted octanol–water partition coefficient (Wildman–Crippen LogP) is 3.15. The molecule has 21 heavy (non-hydrogen) atoms. The Hall–Kier alpha value is -2.40. The minimum Gasteiger partial charge on any atom is -0.489 e. The number of aryl methyl sites for hydroxylation is 1. The molecule has 0 heterocycles. The fourth-order valence-electron chi connectivity index (χ4n) is 2.59. The standard InChI is InChI=1S/C16H15NO4/c18-16-7-4-12-9-14(5-6-15(12)16)21-10-11-2-1-3-13(8-11)17(19)20/h1-3,5-6,8-9,16,18H,4,7,10H2/t16-/m1/s1. The molecule has 0 aromatic heterocycles. The lowest BCUT2D eigenvalue weighted by atomic mass is 10.1. The van der Waals surface area contributed by atoms with E-state index < -0.39 is 4.92 Å². The third kappa shape index (κ3) is 2.87. The van der Waals surface area contributed by atoms with Crippen LogP contribution in [-0.2, 0) is 13.0 Å². The van der Waals surface area contributed by atoms with Crippen LogP contribution in [0.1, 0.15) is 29.2 Å². The molecule has 3 rings (SSSR count). The molecule has 2 aromatic rings. The highest BCUT2D eigenvalue weighted by molar-refractivity contribution is 5.40. The number of aliphatic hydroxyl groups is 1. The first-order valence-corrected chi connectivity index (χ1v) is 6.80. The van der Waals surface area contributed by atoms with Crippen LogP contribution >= 0.6 is 0 Å². The van der Waals surface area contributed by atoms with Gasteiger partial charge in [0.2, 0.25) is 0 Å². The minimum absolute atomic E-state index is 0.0631. The summed E-state index contributed by atoms with van der Waals surface area (Å²) < 4.78 is 5.68. The summed E-state index contributed by atoms with van der Waals surface area (Å²) in [6.07, 6.45) is 1.24. The highest BCUT2D eigenvalue weighted by atomic mass is 16.6. The van der Waals surface area contributed by atoms with E-state index in [1.54, 1.807) is 12.1 Å². The molecule has 2 aromatic carbocycles. The highest BCUT2D eigenvalue weighted by Crippen LogP contribution is 2.33. The van der Waals surface area contributed by atoms with E-state index in [1.165, 1.54) is 12.1 Å². The van der Waals surface area contributed by atoms with Gasteiger partial charge in [-0.25, -0.2) is 0 Å². The van der Waals surface area contributed by atoms with Gasteiger partial charge in [0.25, 0.3) is 5.69 Å². The van der Waals surface area contributed by atoms with E-state index in [-0.39, 0.29) is 18.4 Å². The van der Waals surface area contributed by atoms with Gasteiger partial charge in [-0.05, 0) is 41.7 Å². The van der Waals surface area contributed by atoms with Gasteiger partial charge in [0.05, 0.1) is 11.0 Å². The Labute approximate surface area is 122 Å². The van der Waals surface area contributed by atoms with Crippen LogP contribution in [0.2, 0.25) is 0 Å². The summed E-state index contributed by atoms with van der Waals surface area (Å²) in [5, 5.41) is 20.5. The molecule has 108 valence electrons. The normalized spacial score (nSPS) is 16.5. The number of nitro groups is 1. The maximum absolute atomic E-state index is 10.7. The van der Waals surface area contributed by atoms with Crippen molar-refractivity contribution >= 4 is 5.69 Å². The molecular formula is C16H15NO4. The summed E-state index contributed by atoms with van der Waals surface area (Å²) in [5.41, 5.74) is 2.90. The molecule has 0 radical (unpaired) electrons. The van der Waals surface area contributed by atoms with Gasteiger partial charge in [0.15, 0.2) is 0 Å². The highest BCUT2D eigenvalue weighted by Gasteiger charge is 2.20. The second-order valence-electron chi connectivity index (χ2n) is 5.13. The van der Waals surface area contributed by atoms with E-state index >= 15 is 0 Å². The lowest BCUT2D eigenvalue weighted by Gasteiger charge is -2.09. The van der Waals surface area contributed by atoms with Crippen LogP contribution < -0.4 is 4.74 Å². The number of non-ortho nitro benzene ring substituents is 1. The molecule has 1 atom stereocenters. The number of rotatable bonds is 4. The Morgan fingerprint density at radius 2 is 2.14 bits per heavy atom. The average molecular weight is 285 g/mol. The van der Waals surface area contributed by atoms with Gasteiger partial charge in [-0.2, -0.15) is 0 Å². The SMILES string of the molecule is O=[N+]([O-])c1cccc(COc2ccc3c(c2)CC[C@H]3O)c1. The number of ether oxygens (including phenoxy) is 1. The summed E-state index contributed by atoms with van der Waals surface area (Å²) in [6, 6.07) is 12.1. The quantitative estimate of drug-likeness (QED) is 0.691. The van der Waals surface area contributed by atoms with E-state index in [4.69, 9.17) is 4.74 Å². The first kappa shape index (κ1) is 13.6. The molecule has 1 N–H and O–H groups in total. The van der Waals surface area contributed by atoms with Crippen molar-refractivity contribution in [3.05, 3.63) is 69.3 Å². The zero-order valence-corrected chi connectivity index (χ0v) is 11.4. The minimum atomic E-state index is -0.416. The largest absolute Gasteiger partial charge is 0.489 e. The molecule has 0 bridgehead atoms. The van der Waals surface area contributed by atoms with Crippen molar-refractivity contribution in [3.8, 4) is 5.75 Å². The monoisotopic (exact) mass is 285 g/mol. The summed E-state index contributed by atoms with van der Waals surface area (Å²) >= 11 is 0. The molecule has 0 spiro atoms. The van der Waals surface area contributed by atoms with E-state index in [1.807, 2.05) is 18.2 Å². The first-order valence-electron chi connectivity index (χ1n) is 6.80. The second kappa shape index (κ2) is 5.54. The summed E-state index contributed by atoms with van der Waals surface area (Å²) in [7, 11) is 0. The predicted molar refractivity (Wildman–Crippen MR) is 77.2 cm³/mol. The van der Waals surface area contributed by atoms with Crippen molar-refractivity contribution in [2.45, 2.75) is 25.6 Å². The van der Waals surface area contributed by atoms with Gasteiger partial charge in [-0.1, -0.05) is 18.2 Å². The zero-order valence-electron chi connectivity index (χ0n) is 11.4. The van der Waals surface area contributed by atoms with Crippen molar-refractivity contribution < 1.29 is 14.8 Å². The Morgan fingerprint density at radius 3 is 2.95 bits per heavy atom. The number of nitro benzene ring substituents is 1. The molecule has 5 heteroatoms. The molecule has 0 amide bonds. The lowest BCUT2D eigenvalue weighted by molar-refractivity contribution is -0.384. The van der Waals surface area contributed by atoms with Crippen molar-refractivity contribution in [2.75, 3.05) is 0 Å². The zero-order chi connectivity index (χ0) is 14.8. The average Bonchev–Trinajstić information content (AvgIpc) is 2.86. The number of aliphatic hydroxyl groups excluding tert-OH is 1. The number of fused-ring (bicyclic) bond motifs is 1. The van der Waals surface area contributed by atoms with Crippen LogP contribution in [0.25, 0.3) is 0 Å². The Balaban J connectivity index is 1.71. The van der Waals surface area contributed by atoms with E-state index in [0.29, 0.717) is 5.75 Å². The molecule has 1 aliphatic rings. The Morgan fingerprint density at radius 1 is 1.29 bits per heavy atom. The molecular weight excluding hydrogens is 270 g/mol. The van der Waals surface area contributed by atoms with Crippen LogP contribution in [0.5, 0.6) is 5.75 Å². The van der Waals surface area contributed by atoms with E-state index in [9.17, 15) is 15.2 Å². The Bertz CT molecular complexity index is 684. The number of hydrogen-bond acceptors (Lipinski definition) is 4. The van der Waals surface area contributed by atoms with E-state index in [2.05, 4.69) is 0 Å². The number of benzene rings is 2. The van der Waals surface area contributed by atoms with Gasteiger partial charge in [0.1, 0.15) is 12.4 Å². The molecule has 0 saturated carbocycles. The molecule has 0 aliphatic heterocycles. The maximum Gasteiger partial charge on any atom is 0.269 e. The van der Waals surface area contributed by atoms with Gasteiger partial charge in [-0.3, -0.25) is 10.1 Å². The van der Waals surface area contributed by atoms with E-state index in [0.717, 1.165) is 29.5 Å². The number of nitrogens with zero attached hydrogens (tertiary/aromatic N) is 1. The molecule has 5 nitrogen and oxygen atoms in total. The summed E-state index contributed by atoms with van der Waals surface area (Å²) in [6.45, 7) is 0.281. The van der Waals surface area contributed by atoms with Crippen molar-refractivity contribution in [1.29, 1.82) is 0 Å². The summed E-state index contributed by atoms with van der Waals surface area (Å²) in [5.74, 6) is 0.717. The maximum atomic E-state index is 10.7. The van der Waals surface area contributed by atoms with Crippen LogP contribution in [0.4, 0.5) is 5.69 Å². The van der Waals surface area contributed by atoms with Gasteiger partial charge >= 0.3 is 0 Å². The van der Waals surface area contributed by atoms with Crippen LogP contribution in [0.15, 0.2) is 42.5 Å². The first-order chi connectivity index (χ1) is 10.1. The Kier molecular flexibility index (Phi) is 3.58. The van der Waals surface area contributed by atoms with Crippen molar-refractivity contribution in [2.24, 2.45) is 0 Å². The third-order valence-electron chi connectivity index (χ3n) is 3.69. The third-order valence-corrected chi connectivity index (χ3v) is 3.69. The molecule has 0 unspecified atom stereocenters. The van der Waals surface area contributed by atoms with Crippen LogP contribution in [0, 0.1) is 10.1 Å². The van der Waals surface area contributed by atoms with Crippen molar-refractivity contribution in [3.63, 3.8) is 0 Å². The topological polar surface area (TPSA) is 72.6 Å².